The first-order valence-electron chi connectivity index (χ1n) is 7.73. The summed E-state index contributed by atoms with van der Waals surface area (Å²) in [5, 5.41) is 3.83. The third-order valence-corrected chi connectivity index (χ3v) is 4.36. The smallest absolute Gasteiger partial charge is 0.227 e. The summed E-state index contributed by atoms with van der Waals surface area (Å²) in [4.78, 5) is 26.5. The Morgan fingerprint density at radius 3 is 2.09 bits per heavy atom. The lowest BCUT2D eigenvalue weighted by Gasteiger charge is -2.35. The van der Waals surface area contributed by atoms with Crippen molar-refractivity contribution in [3.63, 3.8) is 0 Å². The van der Waals surface area contributed by atoms with Crippen LogP contribution >= 0.6 is 23.2 Å². The molecule has 2 amide bonds. The van der Waals surface area contributed by atoms with Gasteiger partial charge in [0.05, 0.1) is 0 Å². The topological polar surface area (TPSA) is 49.4 Å². The Bertz CT molecular complexity index is 583. The molecule has 1 aliphatic rings. The number of hydrogen-bond acceptors (Lipinski definition) is 2. The number of amides is 2. The predicted octanol–water partition coefficient (Wildman–Crippen LogP) is 4.22. The van der Waals surface area contributed by atoms with Crippen molar-refractivity contribution < 1.29 is 9.59 Å². The molecule has 1 N–H and O–H groups in total. The van der Waals surface area contributed by atoms with Gasteiger partial charge in [0.25, 0.3) is 0 Å². The quantitative estimate of drug-likeness (QED) is 0.862. The summed E-state index contributed by atoms with van der Waals surface area (Å²) >= 11 is 11.9. The number of nitrogens with zero attached hydrogens (tertiary/aromatic N) is 1. The summed E-state index contributed by atoms with van der Waals surface area (Å²) < 4.78 is 0. The molecular formula is C17H22Cl2N2O2. The number of carbonyl (C=O) groups is 2. The molecule has 0 saturated carbocycles. The molecular weight excluding hydrogens is 335 g/mol. The molecule has 1 aromatic rings. The second kappa shape index (κ2) is 7.10. The maximum Gasteiger partial charge on any atom is 0.227 e. The largest absolute Gasteiger partial charge is 0.342 e. The highest BCUT2D eigenvalue weighted by Gasteiger charge is 2.32. The van der Waals surface area contributed by atoms with Crippen LogP contribution in [0, 0.1) is 11.3 Å². The summed E-state index contributed by atoms with van der Waals surface area (Å²) in [6, 6.07) is 4.96. The number of rotatable bonds is 2. The fourth-order valence-corrected chi connectivity index (χ4v) is 3.22. The Morgan fingerprint density at radius 1 is 1.09 bits per heavy atom. The van der Waals surface area contributed by atoms with Crippen molar-refractivity contribution in [2.75, 3.05) is 18.4 Å². The van der Waals surface area contributed by atoms with E-state index < -0.39 is 0 Å². The predicted molar refractivity (Wildman–Crippen MR) is 93.9 cm³/mol. The van der Waals surface area contributed by atoms with Gasteiger partial charge in [-0.15, -0.1) is 0 Å². The van der Waals surface area contributed by atoms with Crippen LogP contribution in [-0.4, -0.2) is 29.8 Å². The lowest BCUT2D eigenvalue weighted by atomic mass is 9.90. The zero-order chi connectivity index (χ0) is 17.2. The van der Waals surface area contributed by atoms with E-state index in [1.807, 2.05) is 25.7 Å². The Morgan fingerprint density at radius 2 is 1.61 bits per heavy atom. The number of carbonyl (C=O) groups excluding carboxylic acids is 2. The number of anilines is 1. The third kappa shape index (κ3) is 4.85. The van der Waals surface area contributed by atoms with Gasteiger partial charge in [-0.1, -0.05) is 44.0 Å². The Labute approximate surface area is 147 Å². The molecule has 2 rings (SSSR count). The number of likely N-dealkylation sites (tertiary alicyclic amines) is 1. The fourth-order valence-electron chi connectivity index (χ4n) is 2.69. The number of hydrogen-bond donors (Lipinski definition) is 1. The Hall–Kier alpha value is -1.26. The van der Waals surface area contributed by atoms with E-state index in [0.717, 1.165) is 0 Å². The second-order valence-electron chi connectivity index (χ2n) is 6.96. The molecule has 0 unspecified atom stereocenters. The normalized spacial score (nSPS) is 16.3. The third-order valence-electron chi connectivity index (χ3n) is 3.92. The fraction of sp³-hybridized carbons (Fsp3) is 0.529. The SMILES string of the molecule is CC(C)(C)C(=O)N1CCC(C(=O)Nc2cc(Cl)cc(Cl)c2)CC1. The van der Waals surface area contributed by atoms with Crippen LogP contribution in [0.15, 0.2) is 18.2 Å². The number of nitrogens with one attached hydrogen (secondary N) is 1. The number of halogens is 2. The standard InChI is InChI=1S/C17H22Cl2N2O2/c1-17(2,3)16(23)21-6-4-11(5-7-21)15(22)20-14-9-12(18)8-13(19)10-14/h8-11H,4-7H2,1-3H3,(H,20,22). The van der Waals surface area contributed by atoms with E-state index in [-0.39, 0.29) is 23.1 Å². The Kier molecular flexibility index (Phi) is 5.58. The van der Waals surface area contributed by atoms with Crippen LogP contribution in [-0.2, 0) is 9.59 Å². The van der Waals surface area contributed by atoms with Crippen LogP contribution < -0.4 is 5.32 Å². The average molecular weight is 357 g/mol. The first-order valence-corrected chi connectivity index (χ1v) is 8.49. The second-order valence-corrected chi connectivity index (χ2v) is 7.84. The van der Waals surface area contributed by atoms with Gasteiger partial charge in [0.15, 0.2) is 0 Å². The van der Waals surface area contributed by atoms with Crippen molar-refractivity contribution in [1.29, 1.82) is 0 Å². The van der Waals surface area contributed by atoms with Gasteiger partial charge in [-0.25, -0.2) is 0 Å². The van der Waals surface area contributed by atoms with E-state index >= 15 is 0 Å². The summed E-state index contributed by atoms with van der Waals surface area (Å²) in [5.74, 6) is -0.0130. The van der Waals surface area contributed by atoms with Gasteiger partial charge >= 0.3 is 0 Å². The Balaban J connectivity index is 1.92. The number of benzene rings is 1. The molecule has 126 valence electrons. The van der Waals surface area contributed by atoms with Gasteiger partial charge in [0.2, 0.25) is 11.8 Å². The van der Waals surface area contributed by atoms with Gasteiger partial charge in [0, 0.05) is 40.2 Å². The van der Waals surface area contributed by atoms with E-state index in [4.69, 9.17) is 23.2 Å². The van der Waals surface area contributed by atoms with Crippen molar-refractivity contribution >= 4 is 40.7 Å². The monoisotopic (exact) mass is 356 g/mol. The van der Waals surface area contributed by atoms with Gasteiger partial charge < -0.3 is 10.2 Å². The molecule has 23 heavy (non-hydrogen) atoms. The summed E-state index contributed by atoms with van der Waals surface area (Å²) in [6.45, 7) is 6.97. The highest BCUT2D eigenvalue weighted by atomic mass is 35.5. The van der Waals surface area contributed by atoms with Gasteiger partial charge in [0.1, 0.15) is 0 Å². The van der Waals surface area contributed by atoms with Crippen LogP contribution in [0.4, 0.5) is 5.69 Å². The minimum absolute atomic E-state index is 0.0498. The molecule has 4 nitrogen and oxygen atoms in total. The first kappa shape index (κ1) is 18.1. The van der Waals surface area contributed by atoms with Gasteiger partial charge in [-0.3, -0.25) is 9.59 Å². The van der Waals surface area contributed by atoms with Crippen molar-refractivity contribution in [2.45, 2.75) is 33.6 Å². The molecule has 6 heteroatoms. The lowest BCUT2D eigenvalue weighted by molar-refractivity contribution is -0.142. The number of piperidine rings is 1. The molecule has 0 spiro atoms. The van der Waals surface area contributed by atoms with E-state index in [2.05, 4.69) is 5.32 Å². The van der Waals surface area contributed by atoms with Gasteiger partial charge in [-0.2, -0.15) is 0 Å². The van der Waals surface area contributed by atoms with Gasteiger partial charge in [-0.05, 0) is 31.0 Å². The average Bonchev–Trinajstić information content (AvgIpc) is 2.44. The molecule has 1 saturated heterocycles. The van der Waals surface area contributed by atoms with E-state index in [0.29, 0.717) is 41.7 Å². The molecule has 0 radical (unpaired) electrons. The summed E-state index contributed by atoms with van der Waals surface area (Å²) in [5.41, 5.74) is 0.216. The van der Waals surface area contributed by atoms with Crippen molar-refractivity contribution in [3.8, 4) is 0 Å². The molecule has 1 aromatic carbocycles. The minimum Gasteiger partial charge on any atom is -0.342 e. The zero-order valence-electron chi connectivity index (χ0n) is 13.7. The van der Waals surface area contributed by atoms with Crippen LogP contribution in [0.5, 0.6) is 0 Å². The molecule has 0 aromatic heterocycles. The highest BCUT2D eigenvalue weighted by molar-refractivity contribution is 6.35. The lowest BCUT2D eigenvalue weighted by Crippen LogP contribution is -2.45. The summed E-state index contributed by atoms with van der Waals surface area (Å²) in [7, 11) is 0. The zero-order valence-corrected chi connectivity index (χ0v) is 15.2. The van der Waals surface area contributed by atoms with Crippen molar-refractivity contribution in [1.82, 2.24) is 4.90 Å². The molecule has 0 aliphatic carbocycles. The minimum atomic E-state index is -0.382. The molecule has 0 bridgehead atoms. The maximum absolute atomic E-state index is 12.4. The molecule has 1 fully saturated rings. The van der Waals surface area contributed by atoms with E-state index in [1.165, 1.54) is 0 Å². The molecule has 0 atom stereocenters. The molecule has 1 aliphatic heterocycles. The van der Waals surface area contributed by atoms with Crippen molar-refractivity contribution in [2.24, 2.45) is 11.3 Å². The maximum atomic E-state index is 12.4. The highest BCUT2D eigenvalue weighted by Crippen LogP contribution is 2.26. The summed E-state index contributed by atoms with van der Waals surface area (Å²) in [6.07, 6.45) is 1.34. The van der Waals surface area contributed by atoms with E-state index in [9.17, 15) is 9.59 Å². The van der Waals surface area contributed by atoms with Crippen LogP contribution in [0.1, 0.15) is 33.6 Å². The van der Waals surface area contributed by atoms with E-state index in [1.54, 1.807) is 18.2 Å². The van der Waals surface area contributed by atoms with Crippen molar-refractivity contribution in [3.05, 3.63) is 28.2 Å². The molecule has 1 heterocycles. The van der Waals surface area contributed by atoms with Crippen LogP contribution in [0.3, 0.4) is 0 Å². The first-order chi connectivity index (χ1) is 10.7. The van der Waals surface area contributed by atoms with Crippen LogP contribution in [0.25, 0.3) is 0 Å². The van der Waals surface area contributed by atoms with Crippen LogP contribution in [0.2, 0.25) is 10.0 Å².